The average Bonchev–Trinajstić information content (AvgIpc) is 2.86. The van der Waals surface area contributed by atoms with Gasteiger partial charge in [0.1, 0.15) is 17.1 Å². The Balaban J connectivity index is 0.000000362. The molecule has 0 fully saturated rings. The van der Waals surface area contributed by atoms with E-state index >= 15 is 0 Å². The Labute approximate surface area is 219 Å². The van der Waals surface area contributed by atoms with Crippen LogP contribution >= 0.6 is 0 Å². The van der Waals surface area contributed by atoms with Crippen molar-refractivity contribution in [2.75, 3.05) is 13.2 Å². The number of ether oxygens (including phenoxy) is 4. The lowest BCUT2D eigenvalue weighted by molar-refractivity contribution is -0.157. The zero-order valence-corrected chi connectivity index (χ0v) is 23.9. The highest BCUT2D eigenvalue weighted by atomic mass is 16.7. The Morgan fingerprint density at radius 2 is 1.22 bits per heavy atom. The molecular weight excluding hydrogens is 452 g/mol. The van der Waals surface area contributed by atoms with Crippen LogP contribution in [0.3, 0.4) is 0 Å². The van der Waals surface area contributed by atoms with E-state index in [0.717, 1.165) is 25.0 Å². The molecule has 0 saturated heterocycles. The third kappa shape index (κ3) is 12.4. The summed E-state index contributed by atoms with van der Waals surface area (Å²) in [5.41, 5.74) is 2.18. The average molecular weight is 501 g/mol. The minimum Gasteiger partial charge on any atom is -0.482 e. The Bertz CT molecular complexity index is 852. The minimum atomic E-state index is -0.471. The molecular formula is C31H48O5. The molecule has 0 N–H and O–H groups in total. The van der Waals surface area contributed by atoms with E-state index in [9.17, 15) is 4.79 Å². The van der Waals surface area contributed by atoms with Crippen molar-refractivity contribution in [2.45, 2.75) is 105 Å². The molecule has 5 heteroatoms. The monoisotopic (exact) mass is 500 g/mol. The van der Waals surface area contributed by atoms with Crippen LogP contribution in [0.5, 0.6) is 11.5 Å². The van der Waals surface area contributed by atoms with Gasteiger partial charge in [0.2, 0.25) is 0 Å². The van der Waals surface area contributed by atoms with Crippen molar-refractivity contribution in [2.24, 2.45) is 0 Å². The van der Waals surface area contributed by atoms with Crippen LogP contribution in [0, 0.1) is 0 Å². The Kier molecular flexibility index (Phi) is 14.2. The van der Waals surface area contributed by atoms with Crippen LogP contribution < -0.4 is 9.47 Å². The molecule has 0 aliphatic carbocycles. The number of rotatable bonds is 12. The van der Waals surface area contributed by atoms with Gasteiger partial charge in [-0.05, 0) is 87.8 Å². The third-order valence-electron chi connectivity index (χ3n) is 5.85. The van der Waals surface area contributed by atoms with Crippen molar-refractivity contribution in [1.82, 2.24) is 0 Å². The van der Waals surface area contributed by atoms with Crippen molar-refractivity contribution >= 4 is 5.97 Å². The molecule has 3 unspecified atom stereocenters. The first-order valence-electron chi connectivity index (χ1n) is 13.4. The molecule has 2 rings (SSSR count). The second-order valence-corrected chi connectivity index (χ2v) is 10.0. The zero-order chi connectivity index (χ0) is 27.1. The predicted molar refractivity (Wildman–Crippen MR) is 148 cm³/mol. The van der Waals surface area contributed by atoms with Gasteiger partial charge in [-0.25, -0.2) is 4.79 Å². The Morgan fingerprint density at radius 3 is 1.61 bits per heavy atom. The highest BCUT2D eigenvalue weighted by molar-refractivity contribution is 5.71. The van der Waals surface area contributed by atoms with E-state index in [4.69, 9.17) is 18.9 Å². The summed E-state index contributed by atoms with van der Waals surface area (Å²) in [5, 5.41) is 0. The lowest BCUT2D eigenvalue weighted by atomic mass is 9.99. The molecule has 0 heterocycles. The Morgan fingerprint density at radius 1 is 0.750 bits per heavy atom. The molecule has 0 spiro atoms. The summed E-state index contributed by atoms with van der Waals surface area (Å²) < 4.78 is 21.8. The van der Waals surface area contributed by atoms with Crippen molar-refractivity contribution in [3.8, 4) is 11.5 Å². The fourth-order valence-corrected chi connectivity index (χ4v) is 3.33. The molecule has 0 radical (unpaired) electrons. The van der Waals surface area contributed by atoms with E-state index in [1.165, 1.54) is 11.1 Å². The number of carbonyl (C=O) groups excluding carboxylic acids is 1. The Hall–Kier alpha value is -2.53. The maximum absolute atomic E-state index is 11.5. The predicted octanol–water partition coefficient (Wildman–Crippen LogP) is 8.27. The third-order valence-corrected chi connectivity index (χ3v) is 5.85. The van der Waals surface area contributed by atoms with Gasteiger partial charge in [0.05, 0.1) is 0 Å². The molecule has 2 aromatic rings. The fourth-order valence-electron chi connectivity index (χ4n) is 3.33. The van der Waals surface area contributed by atoms with E-state index in [0.29, 0.717) is 24.2 Å². The van der Waals surface area contributed by atoms with Gasteiger partial charge in [0.25, 0.3) is 0 Å². The van der Waals surface area contributed by atoms with Gasteiger partial charge in [-0.3, -0.25) is 0 Å². The van der Waals surface area contributed by atoms with Crippen molar-refractivity contribution in [3.05, 3.63) is 59.7 Å². The molecule has 5 nitrogen and oxygen atoms in total. The maximum atomic E-state index is 11.5. The number of carbonyl (C=O) groups is 1. The van der Waals surface area contributed by atoms with E-state index in [1.54, 1.807) is 0 Å². The summed E-state index contributed by atoms with van der Waals surface area (Å²) in [6.45, 7) is 19.0. The number of benzene rings is 2. The normalized spacial score (nSPS) is 13.6. The largest absolute Gasteiger partial charge is 0.482 e. The first-order valence-corrected chi connectivity index (χ1v) is 13.4. The van der Waals surface area contributed by atoms with Gasteiger partial charge in [-0.2, -0.15) is 0 Å². The van der Waals surface area contributed by atoms with Crippen molar-refractivity contribution in [3.63, 3.8) is 0 Å². The first-order chi connectivity index (χ1) is 17.0. The van der Waals surface area contributed by atoms with Crippen LogP contribution in [0.2, 0.25) is 0 Å². The van der Waals surface area contributed by atoms with Crippen molar-refractivity contribution in [1.29, 1.82) is 0 Å². The lowest BCUT2D eigenvalue weighted by Crippen LogP contribution is -2.27. The van der Waals surface area contributed by atoms with Crippen LogP contribution in [-0.4, -0.2) is 31.1 Å². The summed E-state index contributed by atoms with van der Waals surface area (Å²) in [6, 6.07) is 16.2. The van der Waals surface area contributed by atoms with Gasteiger partial charge in [-0.1, -0.05) is 58.9 Å². The van der Waals surface area contributed by atoms with Gasteiger partial charge < -0.3 is 18.9 Å². The molecule has 0 aliphatic rings. The van der Waals surface area contributed by atoms with E-state index < -0.39 is 5.60 Å². The van der Waals surface area contributed by atoms with Crippen LogP contribution in [0.4, 0.5) is 0 Å². The molecule has 0 aromatic heterocycles. The molecule has 3 atom stereocenters. The topological polar surface area (TPSA) is 54.0 Å². The number of hydrogen-bond donors (Lipinski definition) is 0. The first kappa shape index (κ1) is 31.5. The molecule has 36 heavy (non-hydrogen) atoms. The van der Waals surface area contributed by atoms with Gasteiger partial charge in [-0.15, -0.1) is 0 Å². The quantitative estimate of drug-likeness (QED) is 0.217. The summed E-state index contributed by atoms with van der Waals surface area (Å²) in [4.78, 5) is 11.5. The maximum Gasteiger partial charge on any atom is 0.344 e. The highest BCUT2D eigenvalue weighted by Gasteiger charge is 2.16. The fraction of sp³-hybridized carbons (Fsp3) is 0.581. The summed E-state index contributed by atoms with van der Waals surface area (Å²) in [7, 11) is 0. The van der Waals surface area contributed by atoms with Crippen molar-refractivity contribution < 1.29 is 23.7 Å². The highest BCUT2D eigenvalue weighted by Crippen LogP contribution is 2.23. The van der Waals surface area contributed by atoms with Crippen LogP contribution in [0.1, 0.15) is 105 Å². The van der Waals surface area contributed by atoms with E-state index in [1.807, 2.05) is 64.1 Å². The number of hydrogen-bond acceptors (Lipinski definition) is 5. The number of esters is 1. The van der Waals surface area contributed by atoms with Gasteiger partial charge >= 0.3 is 5.97 Å². The summed E-state index contributed by atoms with van der Waals surface area (Å²) in [5.74, 6) is 2.38. The molecule has 2 aromatic carbocycles. The molecule has 202 valence electrons. The zero-order valence-electron chi connectivity index (χ0n) is 23.9. The smallest absolute Gasteiger partial charge is 0.344 e. The molecule has 0 amide bonds. The van der Waals surface area contributed by atoms with Gasteiger partial charge in [0.15, 0.2) is 12.9 Å². The van der Waals surface area contributed by atoms with Crippen LogP contribution in [0.25, 0.3) is 0 Å². The molecule has 0 saturated carbocycles. The second-order valence-electron chi connectivity index (χ2n) is 10.0. The second kappa shape index (κ2) is 16.3. The van der Waals surface area contributed by atoms with Gasteiger partial charge in [0, 0.05) is 13.0 Å². The van der Waals surface area contributed by atoms with E-state index in [2.05, 4.69) is 46.8 Å². The van der Waals surface area contributed by atoms with Crippen LogP contribution in [-0.2, 0) is 14.3 Å². The SMILES string of the molecule is CCC(C)c1ccc(OCC(=O)OC(C)(C)C)cc1.CCOC(CC)Oc1ccc(C(C)CC)cc1. The minimum absolute atomic E-state index is 0.0556. The lowest BCUT2D eigenvalue weighted by Gasteiger charge is -2.19. The summed E-state index contributed by atoms with van der Waals surface area (Å²) in [6.07, 6.45) is 3.00. The molecule has 0 bridgehead atoms. The molecule has 0 aliphatic heterocycles. The standard InChI is InChI=1S/C16H24O3.C15H24O2/c1-6-12(2)13-7-9-14(10-8-13)18-11-15(17)19-16(3,4)5;1-5-12(4)13-8-10-14(11-9-13)17-15(6-2)16-7-3/h7-10,12H,6,11H2,1-5H3;8-12,15H,5-7H2,1-4H3. The van der Waals surface area contributed by atoms with Crippen LogP contribution in [0.15, 0.2) is 48.5 Å². The van der Waals surface area contributed by atoms with E-state index in [-0.39, 0.29) is 18.9 Å². The summed E-state index contributed by atoms with van der Waals surface area (Å²) >= 11 is 0.